The van der Waals surface area contributed by atoms with E-state index in [0.717, 1.165) is 50.9 Å². The number of halogens is 2. The van der Waals surface area contributed by atoms with Crippen LogP contribution in [0.4, 0.5) is 0 Å². The second-order valence-corrected chi connectivity index (χ2v) is 9.51. The Morgan fingerprint density at radius 3 is 1.00 bits per heavy atom. The Morgan fingerprint density at radius 1 is 0.535 bits per heavy atom. The van der Waals surface area contributed by atoms with Crippen molar-refractivity contribution in [2.24, 2.45) is 0 Å². The van der Waals surface area contributed by atoms with E-state index in [1.807, 2.05) is 68.6 Å². The van der Waals surface area contributed by atoms with Gasteiger partial charge in [0.2, 0.25) is 6.29 Å². The molecular weight excluding hydrogens is 629 g/mol. The minimum atomic E-state index is -0.410. The van der Waals surface area contributed by atoms with Crippen LogP contribution in [0.1, 0.15) is 30.3 Å². The second kappa shape index (κ2) is 15.9. The molecule has 0 bridgehead atoms. The van der Waals surface area contributed by atoms with Crippen molar-refractivity contribution < 1.29 is 41.9 Å². The molecule has 0 atom stereocenters. The molecule has 3 aromatic heterocycles. The summed E-state index contributed by atoms with van der Waals surface area (Å²) >= 11 is 0. The van der Waals surface area contributed by atoms with Crippen LogP contribution < -0.4 is 24.8 Å². The summed E-state index contributed by atoms with van der Waals surface area (Å²) in [6.45, 7) is 7.68. The van der Waals surface area contributed by atoms with Gasteiger partial charge in [-0.05, 0) is 39.0 Å². The molecule has 3 heterocycles. The molecule has 3 aromatic carbocycles. The zero-order valence-electron chi connectivity index (χ0n) is 24.2. The monoisotopic (exact) mass is 658 g/mol. The Labute approximate surface area is 275 Å². The van der Waals surface area contributed by atoms with Crippen LogP contribution in [0.5, 0.6) is 0 Å². The fourth-order valence-corrected chi connectivity index (χ4v) is 4.73. The summed E-state index contributed by atoms with van der Waals surface area (Å²) in [4.78, 5) is 0. The van der Waals surface area contributed by atoms with Crippen molar-refractivity contribution in [2.45, 2.75) is 34.0 Å². The van der Waals surface area contributed by atoms with E-state index < -0.39 is 6.29 Å². The maximum absolute atomic E-state index is 7.32. The second-order valence-electron chi connectivity index (χ2n) is 9.51. The van der Waals surface area contributed by atoms with Gasteiger partial charge in [-0.3, -0.25) is 0 Å². The number of hydrogen-bond donors (Lipinski definition) is 0. The normalized spacial score (nSPS) is 9.95. The first kappa shape index (κ1) is 35.1. The standard InChI is InChI=1S/C31H28N6.C2H3N.2ClH.Cu/c1-22-19-28(25-13-7-4-8-14-25)32-35(22)31(36-23(2)20-29(33-36)26-15-9-5-10-16-26)37-24(3)21-30(34-37)27-17-11-6-12-18-27;1-2-3;;;/h4-21,31H,1-3H3;1H3;2*1H;/q;;;;+2/p-2. The van der Waals surface area contributed by atoms with Gasteiger partial charge in [0, 0.05) is 40.7 Å². The van der Waals surface area contributed by atoms with E-state index in [2.05, 4.69) is 75.4 Å². The Morgan fingerprint density at radius 2 is 0.767 bits per heavy atom. The van der Waals surface area contributed by atoms with E-state index in [1.165, 1.54) is 6.92 Å². The molecule has 7 nitrogen and oxygen atoms in total. The number of nitrogens with zero attached hydrogens (tertiary/aromatic N) is 7. The van der Waals surface area contributed by atoms with Crippen molar-refractivity contribution in [3.63, 3.8) is 0 Å². The Balaban J connectivity index is 0.00000103. The molecule has 6 rings (SSSR count). The number of benzene rings is 3. The predicted octanol–water partition coefficient (Wildman–Crippen LogP) is 1.29. The molecule has 0 spiro atoms. The molecule has 1 radical (unpaired) electrons. The molecule has 0 amide bonds. The smallest absolute Gasteiger partial charge is 1.00 e. The fourth-order valence-electron chi connectivity index (χ4n) is 4.73. The molecule has 0 fully saturated rings. The van der Waals surface area contributed by atoms with Gasteiger partial charge in [-0.15, -0.1) is 0 Å². The van der Waals surface area contributed by atoms with Gasteiger partial charge in [-0.25, -0.2) is 14.0 Å². The first-order chi connectivity index (χ1) is 19.5. The molecule has 0 N–H and O–H groups in total. The third-order valence-corrected chi connectivity index (χ3v) is 6.63. The number of rotatable bonds is 6. The summed E-state index contributed by atoms with van der Waals surface area (Å²) < 4.78 is 6.06. The topological polar surface area (TPSA) is 77.2 Å². The molecule has 0 aliphatic rings. The van der Waals surface area contributed by atoms with Gasteiger partial charge < -0.3 is 24.8 Å². The summed E-state index contributed by atoms with van der Waals surface area (Å²) in [6, 6.07) is 38.9. The number of aromatic nitrogens is 6. The molecule has 0 unspecified atom stereocenters. The largest absolute Gasteiger partial charge is 2.00 e. The maximum atomic E-state index is 7.32. The molecule has 6 aromatic rings. The summed E-state index contributed by atoms with van der Waals surface area (Å²) in [6.07, 6.45) is -0.410. The van der Waals surface area contributed by atoms with Crippen LogP contribution in [0.2, 0.25) is 0 Å². The van der Waals surface area contributed by atoms with Crippen LogP contribution >= 0.6 is 0 Å². The van der Waals surface area contributed by atoms with E-state index in [9.17, 15) is 0 Å². The van der Waals surface area contributed by atoms with Crippen LogP contribution in [-0.4, -0.2) is 29.3 Å². The zero-order chi connectivity index (χ0) is 28.1. The van der Waals surface area contributed by atoms with E-state index in [1.54, 1.807) is 6.07 Å². The molecule has 0 aliphatic heterocycles. The summed E-state index contributed by atoms with van der Waals surface area (Å²) in [5.41, 5.74) is 9.06. The van der Waals surface area contributed by atoms with Gasteiger partial charge in [-0.2, -0.15) is 20.6 Å². The molecule has 0 aliphatic carbocycles. The van der Waals surface area contributed by atoms with Crippen molar-refractivity contribution in [3.8, 4) is 39.8 Å². The van der Waals surface area contributed by atoms with Crippen molar-refractivity contribution in [3.05, 3.63) is 126 Å². The Bertz CT molecular complexity index is 1560. The summed E-state index contributed by atoms with van der Waals surface area (Å²) in [5, 5.41) is 22.5. The van der Waals surface area contributed by atoms with Crippen molar-refractivity contribution in [1.29, 1.82) is 5.26 Å². The SMILES string of the molecule is CC#N.Cc1cc(-c2ccccc2)nn1C(n1nc(-c2ccccc2)cc1C)n1nc(-c2ccccc2)cc1C.[Cl-].[Cl-].[Cu+2]. The van der Waals surface area contributed by atoms with Crippen LogP contribution in [0, 0.1) is 32.1 Å². The molecule has 10 heteroatoms. The first-order valence-electron chi connectivity index (χ1n) is 13.2. The predicted molar refractivity (Wildman–Crippen MR) is 158 cm³/mol. The third-order valence-electron chi connectivity index (χ3n) is 6.63. The van der Waals surface area contributed by atoms with Gasteiger partial charge in [0.05, 0.1) is 23.2 Å². The van der Waals surface area contributed by atoms with E-state index in [-0.39, 0.29) is 41.9 Å². The number of aryl methyl sites for hydroxylation is 3. The van der Waals surface area contributed by atoms with Crippen LogP contribution in [0.3, 0.4) is 0 Å². The Hall–Kier alpha value is -4.12. The molecule has 0 saturated carbocycles. The first-order valence-corrected chi connectivity index (χ1v) is 13.2. The van der Waals surface area contributed by atoms with Crippen LogP contribution in [0.25, 0.3) is 33.8 Å². The van der Waals surface area contributed by atoms with E-state index in [0.29, 0.717) is 0 Å². The zero-order valence-corrected chi connectivity index (χ0v) is 26.6. The van der Waals surface area contributed by atoms with Gasteiger partial charge in [0.25, 0.3) is 0 Å². The van der Waals surface area contributed by atoms with E-state index >= 15 is 0 Å². The van der Waals surface area contributed by atoms with E-state index in [4.69, 9.17) is 20.6 Å². The average Bonchev–Trinajstić information content (AvgIpc) is 3.68. The minimum absolute atomic E-state index is 0. The van der Waals surface area contributed by atoms with Crippen molar-refractivity contribution in [2.75, 3.05) is 0 Å². The van der Waals surface area contributed by atoms with Gasteiger partial charge in [0.15, 0.2) is 0 Å². The van der Waals surface area contributed by atoms with Gasteiger partial charge in [0.1, 0.15) is 0 Å². The molecule has 223 valence electrons. The third kappa shape index (κ3) is 7.64. The van der Waals surface area contributed by atoms with Crippen molar-refractivity contribution >= 4 is 0 Å². The van der Waals surface area contributed by atoms with Gasteiger partial charge in [-0.1, -0.05) is 91.0 Å². The van der Waals surface area contributed by atoms with Crippen LogP contribution in [0.15, 0.2) is 109 Å². The Kier molecular flexibility index (Phi) is 13.0. The van der Waals surface area contributed by atoms with Gasteiger partial charge >= 0.3 is 17.1 Å². The van der Waals surface area contributed by atoms with Crippen molar-refractivity contribution in [1.82, 2.24) is 29.3 Å². The molecule has 43 heavy (non-hydrogen) atoms. The number of nitriles is 1. The van der Waals surface area contributed by atoms with Crippen LogP contribution in [-0.2, 0) is 17.1 Å². The minimum Gasteiger partial charge on any atom is -1.00 e. The summed E-state index contributed by atoms with van der Waals surface area (Å²) in [5.74, 6) is 0. The average molecular weight is 660 g/mol. The molecular formula is C33H31Cl2CuN7. The fraction of sp³-hybridized carbons (Fsp3) is 0.152. The summed E-state index contributed by atoms with van der Waals surface area (Å²) in [7, 11) is 0. The quantitative estimate of drug-likeness (QED) is 0.253. The molecule has 0 saturated heterocycles. The number of hydrogen-bond acceptors (Lipinski definition) is 4. The maximum Gasteiger partial charge on any atom is 2.00 e.